The van der Waals surface area contributed by atoms with Crippen LogP contribution in [0, 0.1) is 26.2 Å². The number of anilines is 1. The molecule has 1 aliphatic carbocycles. The predicted molar refractivity (Wildman–Crippen MR) is 92.5 cm³/mol. The van der Waals surface area contributed by atoms with Gasteiger partial charge in [-0.1, -0.05) is 13.8 Å². The molecule has 0 atom stereocenters. The van der Waals surface area contributed by atoms with Crippen molar-refractivity contribution >= 4 is 17.6 Å². The number of carbonyl (C=O) groups excluding carboxylic acids is 2. The summed E-state index contributed by atoms with van der Waals surface area (Å²) >= 11 is 0. The van der Waals surface area contributed by atoms with Crippen LogP contribution in [0.4, 0.5) is 5.95 Å². The lowest BCUT2D eigenvalue weighted by atomic mass is 9.76. The monoisotopic (exact) mass is 342 g/mol. The number of rotatable bonds is 3. The zero-order valence-corrected chi connectivity index (χ0v) is 15.1. The van der Waals surface area contributed by atoms with E-state index in [4.69, 9.17) is 4.42 Å². The molecule has 0 unspecified atom stereocenters. The Morgan fingerprint density at radius 2 is 1.80 bits per heavy atom. The maximum absolute atomic E-state index is 12.5. The normalized spacial score (nSPS) is 15.6. The quantitative estimate of drug-likeness (QED) is 0.833. The van der Waals surface area contributed by atoms with E-state index in [1.54, 1.807) is 6.92 Å². The first-order valence-electron chi connectivity index (χ1n) is 8.20. The summed E-state index contributed by atoms with van der Waals surface area (Å²) in [5.41, 5.74) is 7.78. The summed E-state index contributed by atoms with van der Waals surface area (Å²) in [6.45, 7) is 9.47. The molecule has 3 rings (SSSR count). The highest BCUT2D eigenvalue weighted by molar-refractivity contribution is 6.03. The Labute approximate surface area is 146 Å². The summed E-state index contributed by atoms with van der Waals surface area (Å²) in [7, 11) is 0. The number of Topliss-reactive ketones (excluding diaryl/α,β-unsaturated/α-hetero) is 1. The molecule has 0 fully saturated rings. The van der Waals surface area contributed by atoms with E-state index in [0.717, 1.165) is 11.4 Å². The van der Waals surface area contributed by atoms with Crippen LogP contribution in [0.3, 0.4) is 0 Å². The minimum atomic E-state index is -0.458. The zero-order valence-electron chi connectivity index (χ0n) is 15.1. The second-order valence-electron chi connectivity index (χ2n) is 7.35. The van der Waals surface area contributed by atoms with Crippen molar-refractivity contribution in [3.63, 3.8) is 0 Å². The van der Waals surface area contributed by atoms with Gasteiger partial charge >= 0.3 is 5.91 Å². The number of ketones is 1. The molecule has 0 bridgehead atoms. The van der Waals surface area contributed by atoms with Crippen molar-refractivity contribution in [1.82, 2.24) is 15.4 Å². The van der Waals surface area contributed by atoms with Crippen LogP contribution < -0.4 is 10.9 Å². The molecular formula is C18H22N4O3. The number of hydrogen-bond acceptors (Lipinski definition) is 6. The third kappa shape index (κ3) is 3.40. The number of nitrogens with one attached hydrogen (secondary N) is 2. The average Bonchev–Trinajstić information content (AvgIpc) is 2.79. The second kappa shape index (κ2) is 5.98. The summed E-state index contributed by atoms with van der Waals surface area (Å²) in [6.07, 6.45) is 1.09. The van der Waals surface area contributed by atoms with Gasteiger partial charge in [-0.05, 0) is 32.3 Å². The largest absolute Gasteiger partial charge is 0.455 e. The van der Waals surface area contributed by atoms with Gasteiger partial charge < -0.3 is 4.42 Å². The second-order valence-corrected chi connectivity index (χ2v) is 7.35. The van der Waals surface area contributed by atoms with Crippen LogP contribution >= 0.6 is 0 Å². The van der Waals surface area contributed by atoms with Crippen molar-refractivity contribution < 1.29 is 14.0 Å². The predicted octanol–water partition coefficient (Wildman–Crippen LogP) is 2.91. The average molecular weight is 342 g/mol. The standard InChI is InChI=1S/C18H22N4O3/c1-9-6-10(2)20-17(19-9)22-21-16(24)15-11(3)14-12(23)7-18(4,5)8-13(14)25-15/h6H,7-8H2,1-5H3,(H,21,24)(H,19,20,22). The molecule has 0 aliphatic heterocycles. The highest BCUT2D eigenvalue weighted by Gasteiger charge is 2.37. The lowest BCUT2D eigenvalue weighted by Gasteiger charge is -2.27. The number of hydrogen-bond donors (Lipinski definition) is 2. The van der Waals surface area contributed by atoms with Gasteiger partial charge in [0.1, 0.15) is 5.76 Å². The Morgan fingerprint density at radius 3 is 2.44 bits per heavy atom. The Kier molecular flexibility index (Phi) is 4.10. The van der Waals surface area contributed by atoms with Crippen LogP contribution in [0.2, 0.25) is 0 Å². The molecule has 2 N–H and O–H groups in total. The van der Waals surface area contributed by atoms with Gasteiger partial charge in [-0.25, -0.2) is 9.97 Å². The van der Waals surface area contributed by atoms with Crippen molar-refractivity contribution in [3.8, 4) is 0 Å². The number of amides is 1. The lowest BCUT2D eigenvalue weighted by molar-refractivity contribution is 0.0891. The Morgan fingerprint density at radius 1 is 1.16 bits per heavy atom. The molecule has 2 aromatic rings. The van der Waals surface area contributed by atoms with Crippen LogP contribution in [-0.2, 0) is 6.42 Å². The van der Waals surface area contributed by atoms with Crippen LogP contribution in [-0.4, -0.2) is 21.7 Å². The Balaban J connectivity index is 1.80. The molecule has 132 valence electrons. The van der Waals surface area contributed by atoms with Crippen molar-refractivity contribution in [1.29, 1.82) is 0 Å². The van der Waals surface area contributed by atoms with Crippen molar-refractivity contribution in [2.45, 2.75) is 47.5 Å². The lowest BCUT2D eigenvalue weighted by Crippen LogP contribution is -2.30. The van der Waals surface area contributed by atoms with Gasteiger partial charge in [0.25, 0.3) is 0 Å². The molecule has 1 aliphatic rings. The van der Waals surface area contributed by atoms with Gasteiger partial charge in [0.05, 0.1) is 5.56 Å². The fourth-order valence-electron chi connectivity index (χ4n) is 3.25. The summed E-state index contributed by atoms with van der Waals surface area (Å²) in [6, 6.07) is 1.84. The molecule has 0 radical (unpaired) electrons. The minimum absolute atomic E-state index is 0.0251. The Bertz CT molecular complexity index is 847. The van der Waals surface area contributed by atoms with Gasteiger partial charge in [-0.15, -0.1) is 0 Å². The molecule has 0 spiro atoms. The zero-order chi connectivity index (χ0) is 18.4. The molecule has 7 nitrogen and oxygen atoms in total. The van der Waals surface area contributed by atoms with Crippen molar-refractivity contribution in [3.05, 3.63) is 40.1 Å². The van der Waals surface area contributed by atoms with Crippen molar-refractivity contribution in [2.24, 2.45) is 5.41 Å². The number of nitrogens with zero attached hydrogens (tertiary/aromatic N) is 2. The van der Waals surface area contributed by atoms with E-state index in [0.29, 0.717) is 35.7 Å². The third-order valence-electron chi connectivity index (χ3n) is 4.25. The first-order valence-corrected chi connectivity index (χ1v) is 8.20. The fraction of sp³-hybridized carbons (Fsp3) is 0.444. The molecule has 0 saturated heterocycles. The van der Waals surface area contributed by atoms with E-state index in [1.807, 2.05) is 33.8 Å². The number of carbonyl (C=O) groups is 2. The Hall–Kier alpha value is -2.70. The number of aryl methyl sites for hydroxylation is 2. The van der Waals surface area contributed by atoms with Crippen LogP contribution in [0.1, 0.15) is 63.9 Å². The molecule has 0 saturated carbocycles. The number of furan rings is 1. The molecule has 2 aromatic heterocycles. The SMILES string of the molecule is Cc1cc(C)nc(NNC(=O)c2oc3c(c2C)C(=O)CC(C)(C)C3)n1. The molecule has 1 amide bonds. The summed E-state index contributed by atoms with van der Waals surface area (Å²) in [5.74, 6) is 0.605. The number of hydrazine groups is 1. The highest BCUT2D eigenvalue weighted by atomic mass is 16.4. The number of fused-ring (bicyclic) bond motifs is 1. The highest BCUT2D eigenvalue weighted by Crippen LogP contribution is 2.38. The van der Waals surface area contributed by atoms with Gasteiger partial charge in [-0.3, -0.25) is 20.4 Å². The fourth-order valence-corrected chi connectivity index (χ4v) is 3.25. The third-order valence-corrected chi connectivity index (χ3v) is 4.25. The van der Waals surface area contributed by atoms with E-state index in [-0.39, 0.29) is 17.0 Å². The van der Waals surface area contributed by atoms with Gasteiger partial charge in [0.2, 0.25) is 5.95 Å². The van der Waals surface area contributed by atoms with E-state index in [9.17, 15) is 9.59 Å². The van der Waals surface area contributed by atoms with Gasteiger partial charge in [0.15, 0.2) is 11.5 Å². The van der Waals surface area contributed by atoms with E-state index in [2.05, 4.69) is 20.8 Å². The molecular weight excluding hydrogens is 320 g/mol. The summed E-state index contributed by atoms with van der Waals surface area (Å²) in [4.78, 5) is 33.2. The molecule has 7 heteroatoms. The first-order chi connectivity index (χ1) is 11.7. The topological polar surface area (TPSA) is 97.1 Å². The smallest absolute Gasteiger partial charge is 0.305 e. The maximum Gasteiger partial charge on any atom is 0.305 e. The van der Waals surface area contributed by atoms with Crippen molar-refractivity contribution in [2.75, 3.05) is 5.43 Å². The van der Waals surface area contributed by atoms with Crippen LogP contribution in [0.5, 0.6) is 0 Å². The minimum Gasteiger partial charge on any atom is -0.455 e. The maximum atomic E-state index is 12.5. The van der Waals surface area contributed by atoms with E-state index >= 15 is 0 Å². The van der Waals surface area contributed by atoms with Gasteiger partial charge in [-0.2, -0.15) is 0 Å². The van der Waals surface area contributed by atoms with E-state index in [1.165, 1.54) is 0 Å². The first kappa shape index (κ1) is 17.1. The summed E-state index contributed by atoms with van der Waals surface area (Å²) < 4.78 is 5.73. The van der Waals surface area contributed by atoms with Crippen LogP contribution in [0.15, 0.2) is 10.5 Å². The number of aromatic nitrogens is 2. The summed E-state index contributed by atoms with van der Waals surface area (Å²) in [5, 5.41) is 0. The molecule has 0 aromatic carbocycles. The van der Waals surface area contributed by atoms with Gasteiger partial charge in [0, 0.05) is 29.8 Å². The van der Waals surface area contributed by atoms with Crippen LogP contribution in [0.25, 0.3) is 0 Å². The molecule has 25 heavy (non-hydrogen) atoms. The molecule has 2 heterocycles. The van der Waals surface area contributed by atoms with E-state index < -0.39 is 5.91 Å².